The monoisotopic (exact) mass is 247 g/mol. The zero-order valence-electron chi connectivity index (χ0n) is 8.00. The summed E-state index contributed by atoms with van der Waals surface area (Å²) in [5, 5.41) is 4.37. The Bertz CT molecular complexity index is 320. The van der Waals surface area contributed by atoms with Gasteiger partial charge in [0.1, 0.15) is 0 Å². The maximum Gasteiger partial charge on any atom is 0.174 e. The largest absolute Gasteiger partial charge is 0.380 e. The Morgan fingerprint density at radius 2 is 1.73 bits per heavy atom. The number of halogens is 2. The molecule has 3 nitrogen and oxygen atoms in total. The van der Waals surface area contributed by atoms with E-state index < -0.39 is 0 Å². The van der Waals surface area contributed by atoms with Crippen LogP contribution in [0.25, 0.3) is 0 Å². The van der Waals surface area contributed by atoms with Gasteiger partial charge in [-0.05, 0) is 18.2 Å². The highest BCUT2D eigenvalue weighted by Crippen LogP contribution is 2.22. The quantitative estimate of drug-likeness (QED) is 0.892. The van der Waals surface area contributed by atoms with Crippen LogP contribution in [-0.4, -0.2) is 26.0 Å². The molecule has 0 radical (unpaired) electrons. The molecule has 15 heavy (non-hydrogen) atoms. The topological polar surface area (TPSA) is 30.5 Å². The van der Waals surface area contributed by atoms with E-state index in [4.69, 9.17) is 32.7 Å². The van der Waals surface area contributed by atoms with Crippen molar-refractivity contribution in [1.29, 1.82) is 0 Å². The van der Waals surface area contributed by atoms with Crippen LogP contribution in [0.3, 0.4) is 0 Å². The number of anilines is 1. The summed E-state index contributed by atoms with van der Waals surface area (Å²) in [5.74, 6) is 0. The van der Waals surface area contributed by atoms with Gasteiger partial charge in [-0.15, -0.1) is 0 Å². The summed E-state index contributed by atoms with van der Waals surface area (Å²) in [6, 6.07) is 5.31. The van der Waals surface area contributed by atoms with Gasteiger partial charge < -0.3 is 14.8 Å². The number of nitrogens with one attached hydrogen (secondary N) is 1. The second-order valence-corrected chi connectivity index (χ2v) is 4.08. The van der Waals surface area contributed by atoms with E-state index in [9.17, 15) is 0 Å². The first-order valence-electron chi connectivity index (χ1n) is 4.67. The molecule has 2 rings (SSSR count). The fourth-order valence-corrected chi connectivity index (χ4v) is 1.91. The molecular formula is C10H11Cl2NO2. The van der Waals surface area contributed by atoms with Gasteiger partial charge in [-0.2, -0.15) is 0 Å². The molecule has 1 N–H and O–H groups in total. The van der Waals surface area contributed by atoms with Crippen LogP contribution in [0.4, 0.5) is 5.69 Å². The summed E-state index contributed by atoms with van der Waals surface area (Å²) < 4.78 is 10.6. The van der Waals surface area contributed by atoms with Gasteiger partial charge in [0.25, 0.3) is 0 Å². The minimum absolute atomic E-state index is 0.178. The normalized spacial score (nSPS) is 16.9. The van der Waals surface area contributed by atoms with Gasteiger partial charge in [-0.25, -0.2) is 0 Å². The summed E-state index contributed by atoms with van der Waals surface area (Å²) in [6.45, 7) is 1.90. The summed E-state index contributed by atoms with van der Waals surface area (Å²) >= 11 is 11.7. The predicted octanol–water partition coefficient (Wildman–Crippen LogP) is 2.78. The molecule has 0 unspecified atom stereocenters. The molecular weight excluding hydrogens is 237 g/mol. The van der Waals surface area contributed by atoms with E-state index in [1.807, 2.05) is 12.1 Å². The molecule has 1 aliphatic heterocycles. The lowest BCUT2D eigenvalue weighted by atomic mass is 10.3. The Kier molecular flexibility index (Phi) is 3.70. The lowest BCUT2D eigenvalue weighted by Gasteiger charge is -2.11. The molecule has 1 aliphatic rings. The first-order valence-corrected chi connectivity index (χ1v) is 5.43. The molecule has 0 aromatic heterocycles. The van der Waals surface area contributed by atoms with Gasteiger partial charge >= 0.3 is 0 Å². The molecule has 82 valence electrons. The van der Waals surface area contributed by atoms with Crippen LogP contribution in [0, 0.1) is 0 Å². The molecule has 0 saturated carbocycles. The van der Waals surface area contributed by atoms with Crippen LogP contribution >= 0.6 is 23.2 Å². The third-order valence-corrected chi connectivity index (χ3v) is 2.46. The molecule has 1 heterocycles. The summed E-state index contributed by atoms with van der Waals surface area (Å²) in [6.07, 6.45) is -0.178. The van der Waals surface area contributed by atoms with E-state index in [2.05, 4.69) is 5.32 Å². The number of benzene rings is 1. The lowest BCUT2D eigenvalue weighted by Crippen LogP contribution is -2.20. The van der Waals surface area contributed by atoms with Crippen LogP contribution in [0.1, 0.15) is 0 Å². The van der Waals surface area contributed by atoms with E-state index in [1.54, 1.807) is 6.07 Å². The van der Waals surface area contributed by atoms with Crippen LogP contribution in [0.2, 0.25) is 10.0 Å². The third kappa shape index (κ3) is 3.24. The minimum Gasteiger partial charge on any atom is -0.380 e. The summed E-state index contributed by atoms with van der Waals surface area (Å²) in [4.78, 5) is 0. The average Bonchev–Trinajstić information content (AvgIpc) is 2.65. The second kappa shape index (κ2) is 5.03. The SMILES string of the molecule is Clc1cc(Cl)cc(NCC2OCCO2)c1. The Hall–Kier alpha value is -0.480. The van der Waals surface area contributed by atoms with Gasteiger partial charge in [0, 0.05) is 15.7 Å². The average molecular weight is 248 g/mol. The molecule has 1 aromatic rings. The van der Waals surface area contributed by atoms with Crippen LogP contribution in [0.15, 0.2) is 18.2 Å². The van der Waals surface area contributed by atoms with Gasteiger partial charge in [-0.3, -0.25) is 0 Å². The maximum absolute atomic E-state index is 5.86. The predicted molar refractivity (Wildman–Crippen MR) is 60.6 cm³/mol. The smallest absolute Gasteiger partial charge is 0.174 e. The van der Waals surface area contributed by atoms with E-state index in [1.165, 1.54) is 0 Å². The second-order valence-electron chi connectivity index (χ2n) is 3.21. The molecule has 1 saturated heterocycles. The Labute approximate surface area is 98.3 Å². The highest BCUT2D eigenvalue weighted by Gasteiger charge is 2.15. The van der Waals surface area contributed by atoms with Crippen molar-refractivity contribution in [2.24, 2.45) is 0 Å². The van der Waals surface area contributed by atoms with Gasteiger partial charge in [0.05, 0.1) is 19.8 Å². The number of ether oxygens (including phenoxy) is 2. The van der Waals surface area contributed by atoms with Gasteiger partial charge in [0.2, 0.25) is 0 Å². The van der Waals surface area contributed by atoms with Crippen molar-refractivity contribution in [3.05, 3.63) is 28.2 Å². The fraction of sp³-hybridized carbons (Fsp3) is 0.400. The minimum atomic E-state index is -0.178. The third-order valence-electron chi connectivity index (χ3n) is 2.03. The number of hydrogen-bond acceptors (Lipinski definition) is 3. The van der Waals surface area contributed by atoms with E-state index in [-0.39, 0.29) is 6.29 Å². The van der Waals surface area contributed by atoms with Crippen molar-refractivity contribution < 1.29 is 9.47 Å². The Morgan fingerprint density at radius 3 is 2.33 bits per heavy atom. The number of hydrogen-bond donors (Lipinski definition) is 1. The first-order chi connectivity index (χ1) is 7.24. The van der Waals surface area contributed by atoms with Crippen LogP contribution < -0.4 is 5.32 Å². The summed E-state index contributed by atoms with van der Waals surface area (Å²) in [5.41, 5.74) is 0.867. The molecule has 0 amide bonds. The number of rotatable bonds is 3. The maximum atomic E-state index is 5.86. The van der Waals surface area contributed by atoms with Gasteiger partial charge in [-0.1, -0.05) is 23.2 Å². The highest BCUT2D eigenvalue weighted by atomic mass is 35.5. The van der Waals surface area contributed by atoms with Crippen LogP contribution in [0.5, 0.6) is 0 Å². The molecule has 0 atom stereocenters. The molecule has 0 bridgehead atoms. The van der Waals surface area contributed by atoms with Crippen molar-refractivity contribution in [3.63, 3.8) is 0 Å². The van der Waals surface area contributed by atoms with E-state index in [0.29, 0.717) is 29.8 Å². The van der Waals surface area contributed by atoms with Crippen molar-refractivity contribution in [2.45, 2.75) is 6.29 Å². The Morgan fingerprint density at radius 1 is 1.13 bits per heavy atom. The van der Waals surface area contributed by atoms with Crippen LogP contribution in [-0.2, 0) is 9.47 Å². The molecule has 0 spiro atoms. The lowest BCUT2D eigenvalue weighted by molar-refractivity contribution is -0.0299. The molecule has 0 aliphatic carbocycles. The first kappa shape index (κ1) is 11.0. The highest BCUT2D eigenvalue weighted by molar-refractivity contribution is 6.35. The fourth-order valence-electron chi connectivity index (χ4n) is 1.38. The van der Waals surface area contributed by atoms with Crippen molar-refractivity contribution >= 4 is 28.9 Å². The Balaban J connectivity index is 1.92. The summed E-state index contributed by atoms with van der Waals surface area (Å²) in [7, 11) is 0. The standard InChI is InChI=1S/C10H11Cl2NO2/c11-7-3-8(12)5-9(4-7)13-6-10-14-1-2-15-10/h3-5,10,13H,1-2,6H2. The van der Waals surface area contributed by atoms with Crippen molar-refractivity contribution in [3.8, 4) is 0 Å². The zero-order chi connectivity index (χ0) is 10.7. The van der Waals surface area contributed by atoms with Gasteiger partial charge in [0.15, 0.2) is 6.29 Å². The molecule has 1 aromatic carbocycles. The molecule has 1 fully saturated rings. The van der Waals surface area contributed by atoms with Crippen molar-refractivity contribution in [1.82, 2.24) is 0 Å². The zero-order valence-corrected chi connectivity index (χ0v) is 9.52. The van der Waals surface area contributed by atoms with E-state index in [0.717, 1.165) is 5.69 Å². The van der Waals surface area contributed by atoms with E-state index >= 15 is 0 Å². The van der Waals surface area contributed by atoms with Crippen molar-refractivity contribution in [2.75, 3.05) is 25.1 Å². The molecule has 5 heteroatoms.